The van der Waals surface area contributed by atoms with Gasteiger partial charge in [0.25, 0.3) is 0 Å². The van der Waals surface area contributed by atoms with Gasteiger partial charge in [-0.3, -0.25) is 4.79 Å². The van der Waals surface area contributed by atoms with Crippen LogP contribution in [0.1, 0.15) is 22.8 Å². The highest BCUT2D eigenvalue weighted by atomic mass is 19.2. The first kappa shape index (κ1) is 21.8. The van der Waals surface area contributed by atoms with Crippen LogP contribution in [0, 0.1) is 17.5 Å². The second kappa shape index (κ2) is 9.70. The van der Waals surface area contributed by atoms with Crippen molar-refractivity contribution >= 4 is 17.4 Å². The number of nitrogens with one attached hydrogen (secondary N) is 1. The van der Waals surface area contributed by atoms with Crippen LogP contribution in [0.25, 0.3) is 0 Å². The van der Waals surface area contributed by atoms with Crippen LogP contribution in [0.2, 0.25) is 0 Å². The first-order valence-corrected chi connectivity index (χ1v) is 9.14. The van der Waals surface area contributed by atoms with Gasteiger partial charge in [0.15, 0.2) is 11.6 Å². The summed E-state index contributed by atoms with van der Waals surface area (Å²) in [6.45, 7) is 1.82. The van der Waals surface area contributed by atoms with Crippen LogP contribution in [-0.4, -0.2) is 33.1 Å². The molecule has 3 aromatic rings. The van der Waals surface area contributed by atoms with Crippen molar-refractivity contribution in [1.82, 2.24) is 14.8 Å². The first-order chi connectivity index (χ1) is 14.9. The summed E-state index contributed by atoms with van der Waals surface area (Å²) >= 11 is 0. The van der Waals surface area contributed by atoms with Crippen molar-refractivity contribution < 1.29 is 27.5 Å². The van der Waals surface area contributed by atoms with E-state index in [0.717, 1.165) is 11.8 Å². The average molecular weight is 430 g/mol. The number of carbonyl (C=O) groups is 2. The number of hydrogen-bond acceptors (Lipinski definition) is 6. The Kier molecular flexibility index (Phi) is 6.81. The molecule has 0 saturated heterocycles. The van der Waals surface area contributed by atoms with Gasteiger partial charge in [-0.25, -0.2) is 27.6 Å². The van der Waals surface area contributed by atoms with Crippen LogP contribution in [0.5, 0.6) is 0 Å². The van der Waals surface area contributed by atoms with Gasteiger partial charge in [0.1, 0.15) is 24.0 Å². The molecule has 0 aliphatic carbocycles. The van der Waals surface area contributed by atoms with E-state index in [4.69, 9.17) is 4.74 Å². The summed E-state index contributed by atoms with van der Waals surface area (Å²) in [6.07, 6.45) is 3.94. The second-order valence-corrected chi connectivity index (χ2v) is 6.25. The Labute approximate surface area is 175 Å². The molecule has 0 radical (unpaired) electrons. The molecule has 1 heterocycles. The smallest absolute Gasteiger partial charge is 0.343 e. The fraction of sp³-hybridized carbons (Fsp3) is 0.143. The molecular formula is C21H17F3N4O3. The monoisotopic (exact) mass is 430 g/mol. The van der Waals surface area contributed by atoms with Gasteiger partial charge in [-0.2, -0.15) is 5.10 Å². The molecule has 0 spiro atoms. The topological polar surface area (TPSA) is 86.1 Å². The molecule has 1 N–H and O–H groups in total. The van der Waals surface area contributed by atoms with Crippen LogP contribution >= 0.6 is 0 Å². The molecule has 0 saturated carbocycles. The zero-order valence-corrected chi connectivity index (χ0v) is 16.3. The van der Waals surface area contributed by atoms with Crippen LogP contribution in [0.15, 0.2) is 60.8 Å². The minimum Gasteiger partial charge on any atom is -0.462 e. The van der Waals surface area contributed by atoms with Crippen molar-refractivity contribution in [3.8, 4) is 0 Å². The number of nitrogens with zero attached hydrogens (tertiary/aromatic N) is 3. The van der Waals surface area contributed by atoms with Crippen molar-refractivity contribution in [1.29, 1.82) is 0 Å². The van der Waals surface area contributed by atoms with Gasteiger partial charge < -0.3 is 10.1 Å². The number of para-hydroxylation sites is 1. The Balaban J connectivity index is 1.94. The molecule has 0 unspecified atom stereocenters. The predicted octanol–water partition coefficient (Wildman–Crippen LogP) is 3.49. The van der Waals surface area contributed by atoms with Crippen molar-refractivity contribution in [2.45, 2.75) is 13.5 Å². The number of aromatic nitrogens is 3. The molecule has 7 nitrogen and oxygen atoms in total. The number of Topliss-reactive ketones (excluding diaryl/α,β-unsaturated/α-hetero) is 1. The maximum atomic E-state index is 14.1. The second-order valence-electron chi connectivity index (χ2n) is 6.25. The standard InChI is InChI=1S/C21H17F3N4O3/c1-2-31-21(30)15(20(29)14-7-17(23)18(24)8-16(14)22)9-26-19-6-4-3-5-13(19)10-28-12-25-11-27-28/h3-9,11-12,26H,2,10H2,1H3. The van der Waals surface area contributed by atoms with Gasteiger partial charge in [0, 0.05) is 18.0 Å². The fourth-order valence-electron chi connectivity index (χ4n) is 2.71. The quantitative estimate of drug-likeness (QED) is 0.147. The molecule has 0 aliphatic heterocycles. The third kappa shape index (κ3) is 5.16. The lowest BCUT2D eigenvalue weighted by Crippen LogP contribution is -2.19. The van der Waals surface area contributed by atoms with E-state index in [2.05, 4.69) is 15.4 Å². The lowest BCUT2D eigenvalue weighted by Gasteiger charge is -2.12. The largest absolute Gasteiger partial charge is 0.462 e. The van der Waals surface area contributed by atoms with E-state index in [1.807, 2.05) is 0 Å². The van der Waals surface area contributed by atoms with Crippen molar-refractivity contribution in [2.75, 3.05) is 11.9 Å². The van der Waals surface area contributed by atoms with E-state index < -0.39 is 40.3 Å². The molecule has 0 amide bonds. The lowest BCUT2D eigenvalue weighted by molar-refractivity contribution is -0.138. The molecule has 160 valence electrons. The average Bonchev–Trinajstić information content (AvgIpc) is 3.25. The molecule has 31 heavy (non-hydrogen) atoms. The van der Waals surface area contributed by atoms with Gasteiger partial charge >= 0.3 is 5.97 Å². The van der Waals surface area contributed by atoms with Gasteiger partial charge in [-0.05, 0) is 24.6 Å². The molecule has 0 atom stereocenters. The Hall–Kier alpha value is -3.95. The number of hydrogen-bond donors (Lipinski definition) is 1. The first-order valence-electron chi connectivity index (χ1n) is 9.14. The highest BCUT2D eigenvalue weighted by Crippen LogP contribution is 2.20. The van der Waals surface area contributed by atoms with Crippen molar-refractivity contribution in [2.24, 2.45) is 0 Å². The Morgan fingerprint density at radius 2 is 1.87 bits per heavy atom. The summed E-state index contributed by atoms with van der Waals surface area (Å²) < 4.78 is 47.3. The van der Waals surface area contributed by atoms with Gasteiger partial charge in [-0.1, -0.05) is 18.2 Å². The Bertz CT molecular complexity index is 1130. The third-order valence-corrected chi connectivity index (χ3v) is 4.18. The number of ketones is 1. The summed E-state index contributed by atoms with van der Waals surface area (Å²) in [7, 11) is 0. The maximum Gasteiger partial charge on any atom is 0.343 e. The van der Waals surface area contributed by atoms with E-state index in [-0.39, 0.29) is 12.7 Å². The zero-order valence-electron chi connectivity index (χ0n) is 16.3. The van der Waals surface area contributed by atoms with E-state index in [0.29, 0.717) is 18.3 Å². The van der Waals surface area contributed by atoms with Crippen LogP contribution in [0.3, 0.4) is 0 Å². The fourth-order valence-corrected chi connectivity index (χ4v) is 2.71. The highest BCUT2D eigenvalue weighted by Gasteiger charge is 2.25. The molecule has 2 aromatic carbocycles. The molecule has 3 rings (SSSR count). The number of esters is 1. The number of ether oxygens (including phenoxy) is 1. The number of carbonyl (C=O) groups excluding carboxylic acids is 2. The van der Waals surface area contributed by atoms with Crippen LogP contribution < -0.4 is 5.32 Å². The molecular weight excluding hydrogens is 413 g/mol. The van der Waals surface area contributed by atoms with Gasteiger partial charge in [0.2, 0.25) is 5.78 Å². The molecule has 1 aromatic heterocycles. The lowest BCUT2D eigenvalue weighted by atomic mass is 10.0. The summed E-state index contributed by atoms with van der Waals surface area (Å²) in [5.74, 6) is -6.37. The molecule has 0 fully saturated rings. The minimum absolute atomic E-state index is 0.0490. The number of benzene rings is 2. The third-order valence-electron chi connectivity index (χ3n) is 4.18. The molecule has 10 heteroatoms. The van der Waals surface area contributed by atoms with Crippen molar-refractivity contribution in [3.63, 3.8) is 0 Å². The SMILES string of the molecule is CCOC(=O)C(=CNc1ccccc1Cn1cncn1)C(=O)c1cc(F)c(F)cc1F. The Morgan fingerprint density at radius 3 is 2.58 bits per heavy atom. The zero-order chi connectivity index (χ0) is 22.4. The van der Waals surface area contributed by atoms with E-state index in [1.54, 1.807) is 28.9 Å². The summed E-state index contributed by atoms with van der Waals surface area (Å²) in [6, 6.07) is 7.63. The number of anilines is 1. The summed E-state index contributed by atoms with van der Waals surface area (Å²) in [5, 5.41) is 6.85. The summed E-state index contributed by atoms with van der Waals surface area (Å²) in [5.41, 5.74) is -0.101. The van der Waals surface area contributed by atoms with Crippen molar-refractivity contribution in [3.05, 3.63) is 89.4 Å². The summed E-state index contributed by atoms with van der Waals surface area (Å²) in [4.78, 5) is 28.9. The maximum absolute atomic E-state index is 14.1. The van der Waals surface area contributed by atoms with E-state index in [1.165, 1.54) is 19.6 Å². The van der Waals surface area contributed by atoms with Gasteiger partial charge in [-0.15, -0.1) is 0 Å². The van der Waals surface area contributed by atoms with Crippen LogP contribution in [-0.2, 0) is 16.1 Å². The van der Waals surface area contributed by atoms with Crippen LogP contribution in [0.4, 0.5) is 18.9 Å². The number of halogens is 3. The highest BCUT2D eigenvalue weighted by molar-refractivity contribution is 6.24. The Morgan fingerprint density at radius 1 is 1.13 bits per heavy atom. The van der Waals surface area contributed by atoms with Gasteiger partial charge in [0.05, 0.1) is 18.7 Å². The van der Waals surface area contributed by atoms with E-state index >= 15 is 0 Å². The predicted molar refractivity (Wildman–Crippen MR) is 105 cm³/mol. The number of rotatable bonds is 8. The molecule has 0 aliphatic rings. The van der Waals surface area contributed by atoms with E-state index in [9.17, 15) is 22.8 Å². The minimum atomic E-state index is -1.45. The normalized spacial score (nSPS) is 11.3. The molecule has 0 bridgehead atoms.